The van der Waals surface area contributed by atoms with Crippen molar-refractivity contribution in [3.8, 4) is 0 Å². The second kappa shape index (κ2) is 18.5. The fourth-order valence-electron chi connectivity index (χ4n) is 2.98. The molecule has 0 amide bonds. The first-order valence-electron chi connectivity index (χ1n) is 11.4. The van der Waals surface area contributed by atoms with E-state index in [0.29, 0.717) is 12.8 Å². The Bertz CT molecular complexity index is 443. The average Bonchev–Trinajstić information content (AvgIpc) is 2.74. The highest BCUT2D eigenvalue weighted by molar-refractivity contribution is 5.70. The summed E-state index contributed by atoms with van der Waals surface area (Å²) in [5.41, 5.74) is 0. The molecule has 0 aromatic heterocycles. The van der Waals surface area contributed by atoms with Gasteiger partial charge in [0, 0.05) is 12.8 Å². The zero-order valence-electron chi connectivity index (χ0n) is 18.6. The number of hydrogen-bond acceptors (Lipinski definition) is 8. The van der Waals surface area contributed by atoms with Crippen molar-refractivity contribution in [1.82, 2.24) is 0 Å². The van der Waals surface area contributed by atoms with E-state index in [1.54, 1.807) is 0 Å². The van der Waals surface area contributed by atoms with E-state index in [1.807, 2.05) is 0 Å². The summed E-state index contributed by atoms with van der Waals surface area (Å²) >= 11 is 0. The maximum atomic E-state index is 12.1. The highest BCUT2D eigenvalue weighted by Crippen LogP contribution is 2.13. The van der Waals surface area contributed by atoms with Crippen molar-refractivity contribution in [1.29, 1.82) is 0 Å². The Hall–Kier alpha value is -1.22. The molecule has 0 spiro atoms. The number of unbranched alkanes of at least 4 members (excludes halogenated alkanes) is 8. The lowest BCUT2D eigenvalue weighted by Gasteiger charge is -2.28. The molecule has 0 aliphatic rings. The van der Waals surface area contributed by atoms with Gasteiger partial charge in [0.2, 0.25) is 0 Å². The summed E-state index contributed by atoms with van der Waals surface area (Å²) in [6, 6.07) is 0. The Morgan fingerprint density at radius 2 is 1.23 bits per heavy atom. The molecule has 0 aliphatic carbocycles. The Balaban J connectivity index is 4.60. The summed E-state index contributed by atoms with van der Waals surface area (Å²) in [7, 11) is 0. The molecule has 0 saturated heterocycles. The Morgan fingerprint density at radius 1 is 0.733 bits per heavy atom. The highest BCUT2D eigenvalue weighted by Gasteiger charge is 2.34. The molecule has 0 aromatic rings. The molecule has 30 heavy (non-hydrogen) atoms. The molecule has 0 heterocycles. The highest BCUT2D eigenvalue weighted by atomic mass is 16.6. The summed E-state index contributed by atoms with van der Waals surface area (Å²) in [6.07, 6.45) is 3.60. The van der Waals surface area contributed by atoms with Crippen LogP contribution in [-0.4, -0.2) is 70.0 Å². The molecule has 0 saturated carbocycles. The summed E-state index contributed by atoms with van der Waals surface area (Å²) in [5, 5.41) is 38.7. The van der Waals surface area contributed by atoms with Crippen LogP contribution in [0.4, 0.5) is 0 Å². The molecule has 4 N–H and O–H groups in total. The van der Waals surface area contributed by atoms with Crippen LogP contribution >= 0.6 is 0 Å². The molecule has 0 unspecified atom stereocenters. The van der Waals surface area contributed by atoms with Crippen LogP contribution in [0, 0.1) is 0 Å². The number of aliphatic hydroxyl groups excluding tert-OH is 4. The van der Waals surface area contributed by atoms with Crippen molar-refractivity contribution in [2.45, 2.75) is 115 Å². The van der Waals surface area contributed by atoms with Crippen LogP contribution in [-0.2, 0) is 19.1 Å². The van der Waals surface area contributed by atoms with E-state index in [1.165, 1.54) is 0 Å². The van der Waals surface area contributed by atoms with E-state index in [2.05, 4.69) is 13.8 Å². The van der Waals surface area contributed by atoms with Crippen LogP contribution < -0.4 is 0 Å². The lowest BCUT2D eigenvalue weighted by atomic mass is 10.0. The van der Waals surface area contributed by atoms with Crippen molar-refractivity contribution in [2.24, 2.45) is 0 Å². The van der Waals surface area contributed by atoms with Crippen LogP contribution in [0.25, 0.3) is 0 Å². The third-order valence-electron chi connectivity index (χ3n) is 4.97. The largest absolute Gasteiger partial charge is 0.462 e. The smallest absolute Gasteiger partial charge is 0.306 e. The van der Waals surface area contributed by atoms with Gasteiger partial charge in [0.15, 0.2) is 6.10 Å². The van der Waals surface area contributed by atoms with Crippen molar-refractivity contribution in [3.63, 3.8) is 0 Å². The molecule has 0 aromatic carbocycles. The molecule has 8 nitrogen and oxygen atoms in total. The van der Waals surface area contributed by atoms with E-state index in [0.717, 1.165) is 51.4 Å². The summed E-state index contributed by atoms with van der Waals surface area (Å²) in [6.45, 7) is 3.01. The molecule has 0 aliphatic heterocycles. The van der Waals surface area contributed by atoms with Gasteiger partial charge in [-0.2, -0.15) is 0 Å². The second-order valence-electron chi connectivity index (χ2n) is 7.77. The molecule has 8 heteroatoms. The quantitative estimate of drug-likeness (QED) is 0.180. The predicted octanol–water partition coefficient (Wildman–Crippen LogP) is 2.24. The molecule has 0 bridgehead atoms. The summed E-state index contributed by atoms with van der Waals surface area (Å²) in [5.74, 6) is -1.05. The van der Waals surface area contributed by atoms with Gasteiger partial charge >= 0.3 is 11.9 Å². The first-order valence-corrected chi connectivity index (χ1v) is 11.4. The number of rotatable bonds is 19. The van der Waals surface area contributed by atoms with E-state index in [4.69, 9.17) is 14.6 Å². The monoisotopic (exact) mass is 434 g/mol. The van der Waals surface area contributed by atoms with Gasteiger partial charge in [-0.3, -0.25) is 9.59 Å². The number of aliphatic hydroxyl groups is 4. The SMILES string of the molecule is CCCCCCCC(=O)OC[C@H](OC(=O)CCCCCCC)[C@@H](O)[C@H](O)[C@H](O)CO. The van der Waals surface area contributed by atoms with Crippen molar-refractivity contribution in [2.75, 3.05) is 13.2 Å². The third kappa shape index (κ3) is 13.9. The molecule has 4 atom stereocenters. The number of carbonyl (C=O) groups excluding carboxylic acids is 2. The molecule has 0 radical (unpaired) electrons. The fourth-order valence-corrected chi connectivity index (χ4v) is 2.98. The second-order valence-corrected chi connectivity index (χ2v) is 7.77. The van der Waals surface area contributed by atoms with Gasteiger partial charge in [0.25, 0.3) is 0 Å². The van der Waals surface area contributed by atoms with Crippen LogP contribution in [0.5, 0.6) is 0 Å². The lowest BCUT2D eigenvalue weighted by Crippen LogP contribution is -2.49. The maximum Gasteiger partial charge on any atom is 0.306 e. The number of hydrogen-bond donors (Lipinski definition) is 4. The predicted molar refractivity (Wildman–Crippen MR) is 113 cm³/mol. The summed E-state index contributed by atoms with van der Waals surface area (Å²) in [4.78, 5) is 24.0. The van der Waals surface area contributed by atoms with Gasteiger partial charge in [-0.15, -0.1) is 0 Å². The average molecular weight is 435 g/mol. The minimum atomic E-state index is -1.75. The zero-order valence-corrected chi connectivity index (χ0v) is 18.6. The van der Waals surface area contributed by atoms with Gasteiger partial charge in [-0.25, -0.2) is 0 Å². The first kappa shape index (κ1) is 28.8. The van der Waals surface area contributed by atoms with Gasteiger partial charge < -0.3 is 29.9 Å². The Kier molecular flexibility index (Phi) is 17.8. The molecular formula is C22H42O8. The molecule has 0 fully saturated rings. The van der Waals surface area contributed by atoms with Crippen LogP contribution in [0.15, 0.2) is 0 Å². The Morgan fingerprint density at radius 3 is 1.73 bits per heavy atom. The van der Waals surface area contributed by atoms with Crippen molar-refractivity contribution >= 4 is 11.9 Å². The molecular weight excluding hydrogens is 392 g/mol. The van der Waals surface area contributed by atoms with Gasteiger partial charge in [0.05, 0.1) is 6.61 Å². The molecule has 0 rings (SSSR count). The van der Waals surface area contributed by atoms with E-state index in [-0.39, 0.29) is 12.8 Å². The number of esters is 2. The van der Waals surface area contributed by atoms with E-state index >= 15 is 0 Å². The van der Waals surface area contributed by atoms with E-state index < -0.39 is 49.6 Å². The van der Waals surface area contributed by atoms with Crippen LogP contribution in [0.3, 0.4) is 0 Å². The van der Waals surface area contributed by atoms with Crippen LogP contribution in [0.1, 0.15) is 90.9 Å². The molecule has 178 valence electrons. The van der Waals surface area contributed by atoms with Crippen molar-refractivity contribution < 1.29 is 39.5 Å². The third-order valence-corrected chi connectivity index (χ3v) is 4.97. The maximum absolute atomic E-state index is 12.1. The van der Waals surface area contributed by atoms with Crippen molar-refractivity contribution in [3.05, 3.63) is 0 Å². The minimum absolute atomic E-state index is 0.150. The van der Waals surface area contributed by atoms with Gasteiger partial charge in [-0.1, -0.05) is 65.2 Å². The minimum Gasteiger partial charge on any atom is -0.462 e. The van der Waals surface area contributed by atoms with E-state index in [9.17, 15) is 24.9 Å². The standard InChI is InChI=1S/C22H42O8/c1-3-5-7-9-11-13-19(25)29-16-18(22(28)21(27)17(24)15-23)30-20(26)14-12-10-8-6-4-2/h17-18,21-24,27-28H,3-16H2,1-2H3/t17-,18+,21-,22-/m1/s1. The van der Waals surface area contributed by atoms with Gasteiger partial charge in [-0.05, 0) is 12.8 Å². The lowest BCUT2D eigenvalue weighted by molar-refractivity contribution is -0.178. The normalized spacial score (nSPS) is 15.3. The van der Waals surface area contributed by atoms with Crippen LogP contribution in [0.2, 0.25) is 0 Å². The zero-order chi connectivity index (χ0) is 22.8. The van der Waals surface area contributed by atoms with Gasteiger partial charge in [0.1, 0.15) is 24.9 Å². The first-order chi connectivity index (χ1) is 14.4. The number of ether oxygens (including phenoxy) is 2. The topological polar surface area (TPSA) is 134 Å². The fraction of sp³-hybridized carbons (Fsp3) is 0.909. The number of carbonyl (C=O) groups is 2. The summed E-state index contributed by atoms with van der Waals surface area (Å²) < 4.78 is 10.3. The Labute approximate surface area is 180 Å².